The normalized spacial score (nSPS) is 14.4. The summed E-state index contributed by atoms with van der Waals surface area (Å²) >= 11 is 0. The molecule has 230 valence electrons. The van der Waals surface area contributed by atoms with Gasteiger partial charge in [0.15, 0.2) is 0 Å². The fourth-order valence-electron chi connectivity index (χ4n) is 5.27. The first-order chi connectivity index (χ1) is 20.6. The van der Waals surface area contributed by atoms with Crippen LogP contribution in [0.2, 0.25) is 0 Å². The predicted molar refractivity (Wildman–Crippen MR) is 167 cm³/mol. The van der Waals surface area contributed by atoms with Gasteiger partial charge in [-0.15, -0.1) is 0 Å². The molecule has 1 atom stereocenters. The van der Waals surface area contributed by atoms with Gasteiger partial charge in [0.05, 0.1) is 24.8 Å². The second-order valence-electron chi connectivity index (χ2n) is 10.9. The summed E-state index contributed by atoms with van der Waals surface area (Å²) in [7, 11) is -1.33. The number of sulfonamides is 1. The molecule has 0 aliphatic heterocycles. The van der Waals surface area contributed by atoms with Crippen LogP contribution in [0.25, 0.3) is 0 Å². The molecule has 3 aromatic rings. The Bertz CT molecular complexity index is 1490. The summed E-state index contributed by atoms with van der Waals surface area (Å²) in [6.07, 6.45) is 5.08. The SMILES string of the molecule is COc1ccc(OC)c(N(CC(=O)N(Cc2ccc(C)cc2)[C@H](C)C(=O)NC2CCCCC2)S(=O)(=O)c2ccccc2)c1. The summed E-state index contributed by atoms with van der Waals surface area (Å²) in [4.78, 5) is 29.2. The van der Waals surface area contributed by atoms with E-state index >= 15 is 0 Å². The van der Waals surface area contributed by atoms with Gasteiger partial charge in [-0.05, 0) is 56.5 Å². The second kappa shape index (κ2) is 14.4. The summed E-state index contributed by atoms with van der Waals surface area (Å²) in [5.74, 6) is -0.144. The Hall–Kier alpha value is -4.05. The molecular weight excluding hydrogens is 566 g/mol. The third-order valence-electron chi connectivity index (χ3n) is 7.86. The van der Waals surface area contributed by atoms with E-state index in [-0.39, 0.29) is 34.8 Å². The number of hydrogen-bond acceptors (Lipinski definition) is 6. The third kappa shape index (κ3) is 7.87. The highest BCUT2D eigenvalue weighted by Crippen LogP contribution is 2.36. The number of anilines is 1. The molecule has 4 rings (SSSR count). The molecule has 0 radical (unpaired) electrons. The topological polar surface area (TPSA) is 105 Å². The Labute approximate surface area is 254 Å². The molecule has 1 saturated carbocycles. The van der Waals surface area contributed by atoms with Crippen molar-refractivity contribution in [1.82, 2.24) is 10.2 Å². The van der Waals surface area contributed by atoms with Crippen LogP contribution in [0.5, 0.6) is 11.5 Å². The summed E-state index contributed by atoms with van der Waals surface area (Å²) in [5, 5.41) is 3.12. The summed E-state index contributed by atoms with van der Waals surface area (Å²) in [6, 6.07) is 19.6. The minimum atomic E-state index is -4.24. The van der Waals surface area contributed by atoms with Crippen molar-refractivity contribution in [3.63, 3.8) is 0 Å². The maximum Gasteiger partial charge on any atom is 0.264 e. The van der Waals surface area contributed by atoms with Crippen LogP contribution < -0.4 is 19.1 Å². The number of hydrogen-bond donors (Lipinski definition) is 1. The van der Waals surface area contributed by atoms with E-state index in [1.54, 1.807) is 37.3 Å². The summed E-state index contributed by atoms with van der Waals surface area (Å²) in [5.41, 5.74) is 2.04. The van der Waals surface area contributed by atoms with Crippen LogP contribution >= 0.6 is 0 Å². The quantitative estimate of drug-likeness (QED) is 0.308. The molecule has 9 nitrogen and oxygen atoms in total. The van der Waals surface area contributed by atoms with Gasteiger partial charge in [-0.3, -0.25) is 13.9 Å². The van der Waals surface area contributed by atoms with E-state index < -0.39 is 28.5 Å². The maximum atomic E-state index is 14.2. The predicted octanol–water partition coefficient (Wildman–Crippen LogP) is 5.07. The zero-order valence-corrected chi connectivity index (χ0v) is 26.1. The van der Waals surface area contributed by atoms with Gasteiger partial charge in [0.2, 0.25) is 11.8 Å². The van der Waals surface area contributed by atoms with E-state index in [0.717, 1.165) is 47.5 Å². The molecule has 1 aliphatic rings. The van der Waals surface area contributed by atoms with E-state index in [1.165, 1.54) is 37.3 Å². The number of benzene rings is 3. The standard InChI is InChI=1S/C33H41N3O6S/c1-24-15-17-26(18-16-24)22-35(25(2)33(38)34-27-11-7-5-8-12-27)32(37)23-36(43(39,40)29-13-9-6-10-14-29)30-21-28(41-3)19-20-31(30)42-4/h6,9-10,13-21,25,27H,5,7-8,11-12,22-23H2,1-4H3,(H,34,38)/t25-/m1/s1. The molecule has 10 heteroatoms. The lowest BCUT2D eigenvalue weighted by Gasteiger charge is -2.33. The molecule has 0 bridgehead atoms. The fourth-order valence-corrected chi connectivity index (χ4v) is 6.70. The van der Waals surface area contributed by atoms with E-state index in [1.807, 2.05) is 31.2 Å². The van der Waals surface area contributed by atoms with Crippen molar-refractivity contribution >= 4 is 27.5 Å². The van der Waals surface area contributed by atoms with E-state index in [9.17, 15) is 18.0 Å². The Morgan fingerprint density at radius 1 is 0.930 bits per heavy atom. The molecule has 1 N–H and O–H groups in total. The fraction of sp³-hybridized carbons (Fsp3) is 0.394. The van der Waals surface area contributed by atoms with Crippen LogP contribution in [-0.4, -0.2) is 58.0 Å². The molecule has 0 spiro atoms. The van der Waals surface area contributed by atoms with E-state index in [0.29, 0.717) is 5.75 Å². The van der Waals surface area contributed by atoms with Crippen LogP contribution in [0.3, 0.4) is 0 Å². The number of nitrogens with zero attached hydrogens (tertiary/aromatic N) is 2. The van der Waals surface area contributed by atoms with Gasteiger partial charge in [-0.1, -0.05) is 67.3 Å². The van der Waals surface area contributed by atoms with Crippen molar-refractivity contribution in [3.8, 4) is 11.5 Å². The number of nitrogens with one attached hydrogen (secondary N) is 1. The van der Waals surface area contributed by atoms with Crippen LogP contribution in [0, 0.1) is 6.92 Å². The molecule has 3 aromatic carbocycles. The van der Waals surface area contributed by atoms with E-state index in [2.05, 4.69) is 5.32 Å². The van der Waals surface area contributed by atoms with Gasteiger partial charge in [0, 0.05) is 18.7 Å². The zero-order valence-electron chi connectivity index (χ0n) is 25.3. The van der Waals surface area contributed by atoms with Gasteiger partial charge >= 0.3 is 0 Å². The first kappa shape index (κ1) is 31.9. The van der Waals surface area contributed by atoms with Crippen molar-refractivity contribution in [1.29, 1.82) is 0 Å². The summed E-state index contributed by atoms with van der Waals surface area (Å²) < 4.78 is 40.1. The van der Waals surface area contributed by atoms with Gasteiger partial charge in [0.1, 0.15) is 24.1 Å². The highest BCUT2D eigenvalue weighted by atomic mass is 32.2. The Balaban J connectivity index is 1.73. The average molecular weight is 608 g/mol. The van der Waals surface area contributed by atoms with E-state index in [4.69, 9.17) is 9.47 Å². The minimum Gasteiger partial charge on any atom is -0.497 e. The lowest BCUT2D eigenvalue weighted by atomic mass is 9.95. The van der Waals surface area contributed by atoms with Crippen LogP contribution in [0.15, 0.2) is 77.7 Å². The lowest BCUT2D eigenvalue weighted by Crippen LogP contribution is -2.53. The maximum absolute atomic E-state index is 14.2. The number of amides is 2. The zero-order chi connectivity index (χ0) is 31.0. The molecule has 0 saturated heterocycles. The van der Waals surface area contributed by atoms with Crippen molar-refractivity contribution in [2.45, 2.75) is 69.5 Å². The highest BCUT2D eigenvalue weighted by Gasteiger charge is 2.34. The number of carbonyl (C=O) groups is 2. The molecule has 0 unspecified atom stereocenters. The van der Waals surface area contributed by atoms with Crippen molar-refractivity contribution in [2.24, 2.45) is 0 Å². The summed E-state index contributed by atoms with van der Waals surface area (Å²) in [6.45, 7) is 3.23. The monoisotopic (exact) mass is 607 g/mol. The molecule has 2 amide bonds. The number of methoxy groups -OCH3 is 2. The molecular formula is C33H41N3O6S. The molecule has 1 fully saturated rings. The number of carbonyl (C=O) groups excluding carboxylic acids is 2. The van der Waals surface area contributed by atoms with Crippen molar-refractivity contribution < 1.29 is 27.5 Å². The second-order valence-corrected chi connectivity index (χ2v) is 12.8. The largest absolute Gasteiger partial charge is 0.497 e. The smallest absolute Gasteiger partial charge is 0.264 e. The van der Waals surface area contributed by atoms with Crippen molar-refractivity contribution in [2.75, 3.05) is 25.1 Å². The highest BCUT2D eigenvalue weighted by molar-refractivity contribution is 7.92. The lowest BCUT2D eigenvalue weighted by molar-refractivity contribution is -0.139. The van der Waals surface area contributed by atoms with Gasteiger partial charge < -0.3 is 19.7 Å². The molecule has 0 heterocycles. The minimum absolute atomic E-state index is 0.0147. The van der Waals surface area contributed by atoms with Gasteiger partial charge in [0.25, 0.3) is 10.0 Å². The number of ether oxygens (including phenoxy) is 2. The number of rotatable bonds is 12. The van der Waals surface area contributed by atoms with Crippen LogP contribution in [0.1, 0.15) is 50.2 Å². The van der Waals surface area contributed by atoms with Crippen LogP contribution in [-0.2, 0) is 26.2 Å². The number of aryl methyl sites for hydroxylation is 1. The molecule has 0 aromatic heterocycles. The first-order valence-electron chi connectivity index (χ1n) is 14.6. The Morgan fingerprint density at radius 3 is 2.23 bits per heavy atom. The van der Waals surface area contributed by atoms with Crippen molar-refractivity contribution in [3.05, 3.63) is 83.9 Å². The molecule has 1 aliphatic carbocycles. The van der Waals surface area contributed by atoms with Gasteiger partial charge in [-0.2, -0.15) is 0 Å². The van der Waals surface area contributed by atoms with Crippen LogP contribution in [0.4, 0.5) is 5.69 Å². The Morgan fingerprint density at radius 2 is 1.60 bits per heavy atom. The average Bonchev–Trinajstić information content (AvgIpc) is 3.03. The molecule has 43 heavy (non-hydrogen) atoms. The third-order valence-corrected chi connectivity index (χ3v) is 9.63. The first-order valence-corrected chi connectivity index (χ1v) is 16.0. The van der Waals surface area contributed by atoms with Gasteiger partial charge in [-0.25, -0.2) is 8.42 Å². The Kier molecular flexibility index (Phi) is 10.7.